The van der Waals surface area contributed by atoms with Gasteiger partial charge in [-0.15, -0.1) is 0 Å². The van der Waals surface area contributed by atoms with Crippen LogP contribution < -0.4 is 5.32 Å². The molecule has 0 radical (unpaired) electrons. The van der Waals surface area contributed by atoms with Crippen molar-refractivity contribution in [3.8, 4) is 0 Å². The molecule has 0 heterocycles. The van der Waals surface area contributed by atoms with E-state index in [1.165, 1.54) is 18.2 Å². The van der Waals surface area contributed by atoms with E-state index in [2.05, 4.69) is 21.2 Å². The van der Waals surface area contributed by atoms with Crippen LogP contribution in [0.5, 0.6) is 0 Å². The zero-order valence-corrected chi connectivity index (χ0v) is 12.4. The second kappa shape index (κ2) is 6.48. The SMILES string of the molecule is Cc1cccc(/C=C\C(=O)Nc2ccc(Br)cc2F)c1. The molecule has 0 aromatic heterocycles. The van der Waals surface area contributed by atoms with Gasteiger partial charge in [0, 0.05) is 10.5 Å². The highest BCUT2D eigenvalue weighted by molar-refractivity contribution is 9.10. The molecule has 20 heavy (non-hydrogen) atoms. The first-order valence-corrected chi connectivity index (χ1v) is 6.85. The van der Waals surface area contributed by atoms with Gasteiger partial charge in [-0.1, -0.05) is 45.8 Å². The highest BCUT2D eigenvalue weighted by Gasteiger charge is 2.04. The molecule has 4 heteroatoms. The Bertz CT molecular complexity index is 667. The predicted octanol–water partition coefficient (Wildman–Crippen LogP) is 4.55. The molecule has 0 fully saturated rings. The van der Waals surface area contributed by atoms with Crippen LogP contribution in [0.1, 0.15) is 11.1 Å². The fraction of sp³-hybridized carbons (Fsp3) is 0.0625. The molecule has 1 N–H and O–H groups in total. The predicted molar refractivity (Wildman–Crippen MR) is 82.9 cm³/mol. The van der Waals surface area contributed by atoms with Gasteiger partial charge >= 0.3 is 0 Å². The largest absolute Gasteiger partial charge is 0.320 e. The van der Waals surface area contributed by atoms with Gasteiger partial charge in [-0.2, -0.15) is 0 Å². The lowest BCUT2D eigenvalue weighted by atomic mass is 10.1. The maximum atomic E-state index is 13.6. The van der Waals surface area contributed by atoms with E-state index in [4.69, 9.17) is 0 Å². The van der Waals surface area contributed by atoms with Gasteiger partial charge in [0.1, 0.15) is 5.82 Å². The average molecular weight is 334 g/mol. The van der Waals surface area contributed by atoms with E-state index >= 15 is 0 Å². The van der Waals surface area contributed by atoms with E-state index in [-0.39, 0.29) is 11.6 Å². The fourth-order valence-corrected chi connectivity index (χ4v) is 2.04. The van der Waals surface area contributed by atoms with Crippen LogP contribution in [0.15, 0.2) is 53.0 Å². The van der Waals surface area contributed by atoms with Crippen molar-refractivity contribution in [3.05, 3.63) is 70.0 Å². The second-order valence-corrected chi connectivity index (χ2v) is 5.28. The highest BCUT2D eigenvalue weighted by atomic mass is 79.9. The molecular formula is C16H13BrFNO. The summed E-state index contributed by atoms with van der Waals surface area (Å²) in [6.07, 6.45) is 3.08. The Labute approximate surface area is 125 Å². The van der Waals surface area contributed by atoms with Crippen molar-refractivity contribution in [3.63, 3.8) is 0 Å². The Hall–Kier alpha value is -1.94. The van der Waals surface area contributed by atoms with Crippen LogP contribution in [0.4, 0.5) is 10.1 Å². The Kier molecular flexibility index (Phi) is 4.69. The third kappa shape index (κ3) is 4.03. The molecule has 0 saturated heterocycles. The molecule has 1 amide bonds. The highest BCUT2D eigenvalue weighted by Crippen LogP contribution is 2.19. The number of anilines is 1. The maximum Gasteiger partial charge on any atom is 0.248 e. The molecule has 0 bridgehead atoms. The number of aryl methyl sites for hydroxylation is 1. The van der Waals surface area contributed by atoms with Crippen molar-refractivity contribution in [1.29, 1.82) is 0 Å². The minimum atomic E-state index is -0.475. The third-order valence-electron chi connectivity index (χ3n) is 2.66. The van der Waals surface area contributed by atoms with Crippen LogP contribution in [0.2, 0.25) is 0 Å². The molecule has 102 valence electrons. The number of carbonyl (C=O) groups excluding carboxylic acids is 1. The minimum absolute atomic E-state index is 0.159. The van der Waals surface area contributed by atoms with Gasteiger partial charge in [0.2, 0.25) is 5.91 Å². The van der Waals surface area contributed by atoms with E-state index in [0.717, 1.165) is 11.1 Å². The normalized spacial score (nSPS) is 10.8. The number of benzene rings is 2. The Morgan fingerprint density at radius 2 is 2.05 bits per heavy atom. The Morgan fingerprint density at radius 3 is 2.75 bits per heavy atom. The summed E-state index contributed by atoms with van der Waals surface area (Å²) in [5.74, 6) is -0.843. The van der Waals surface area contributed by atoms with Crippen LogP contribution in [0.25, 0.3) is 6.08 Å². The number of amides is 1. The van der Waals surface area contributed by atoms with E-state index in [9.17, 15) is 9.18 Å². The fourth-order valence-electron chi connectivity index (χ4n) is 1.71. The topological polar surface area (TPSA) is 29.1 Å². The first kappa shape index (κ1) is 14.5. The maximum absolute atomic E-state index is 13.6. The first-order valence-electron chi connectivity index (χ1n) is 6.05. The number of nitrogens with one attached hydrogen (secondary N) is 1. The molecule has 0 unspecified atom stereocenters. The number of rotatable bonds is 3. The van der Waals surface area contributed by atoms with Crippen molar-refractivity contribution in [2.75, 3.05) is 5.32 Å². The minimum Gasteiger partial charge on any atom is -0.320 e. The third-order valence-corrected chi connectivity index (χ3v) is 3.15. The van der Waals surface area contributed by atoms with Gasteiger partial charge in [-0.25, -0.2) is 4.39 Å². The average Bonchev–Trinajstić information content (AvgIpc) is 2.40. The number of carbonyl (C=O) groups is 1. The van der Waals surface area contributed by atoms with Crippen molar-refractivity contribution in [1.82, 2.24) is 0 Å². The Morgan fingerprint density at radius 1 is 1.25 bits per heavy atom. The summed E-state index contributed by atoms with van der Waals surface area (Å²) in [7, 11) is 0. The van der Waals surface area contributed by atoms with Crippen molar-refractivity contribution < 1.29 is 9.18 Å². The van der Waals surface area contributed by atoms with Gasteiger partial charge < -0.3 is 5.32 Å². The van der Waals surface area contributed by atoms with Crippen LogP contribution in [-0.4, -0.2) is 5.91 Å². The molecule has 0 atom stereocenters. The van der Waals surface area contributed by atoms with Crippen LogP contribution >= 0.6 is 15.9 Å². The van der Waals surface area contributed by atoms with Crippen molar-refractivity contribution in [2.24, 2.45) is 0 Å². The molecule has 2 rings (SSSR count). The van der Waals surface area contributed by atoms with Gasteiger partial charge in [0.15, 0.2) is 0 Å². The molecule has 0 saturated carbocycles. The zero-order chi connectivity index (χ0) is 14.5. The summed E-state index contributed by atoms with van der Waals surface area (Å²) in [4.78, 5) is 11.7. The van der Waals surface area contributed by atoms with Crippen LogP contribution in [-0.2, 0) is 4.79 Å². The second-order valence-electron chi connectivity index (χ2n) is 4.36. The summed E-state index contributed by atoms with van der Waals surface area (Å²) in [5.41, 5.74) is 2.20. The number of hydrogen-bond donors (Lipinski definition) is 1. The van der Waals surface area contributed by atoms with Crippen molar-refractivity contribution in [2.45, 2.75) is 6.92 Å². The summed E-state index contributed by atoms with van der Waals surface area (Å²) >= 11 is 3.16. The molecule has 2 aromatic rings. The van der Waals surface area contributed by atoms with E-state index < -0.39 is 5.82 Å². The lowest BCUT2D eigenvalue weighted by Gasteiger charge is -2.04. The number of hydrogen-bond acceptors (Lipinski definition) is 1. The summed E-state index contributed by atoms with van der Waals surface area (Å²) in [6, 6.07) is 12.2. The molecule has 0 aliphatic rings. The Balaban J connectivity index is 2.05. The van der Waals surface area contributed by atoms with E-state index in [1.807, 2.05) is 31.2 Å². The molecule has 0 aliphatic carbocycles. The molecule has 0 aliphatic heterocycles. The van der Waals surface area contributed by atoms with E-state index in [0.29, 0.717) is 4.47 Å². The molecule has 2 nitrogen and oxygen atoms in total. The molecule has 0 spiro atoms. The lowest BCUT2D eigenvalue weighted by molar-refractivity contribution is -0.111. The standard InChI is InChI=1S/C16H13BrFNO/c1-11-3-2-4-12(9-11)5-8-16(20)19-15-7-6-13(17)10-14(15)18/h2-10H,1H3,(H,19,20)/b8-5-. The quantitative estimate of drug-likeness (QED) is 0.820. The first-order chi connectivity index (χ1) is 9.54. The van der Waals surface area contributed by atoms with Gasteiger partial charge in [0.05, 0.1) is 5.69 Å². The van der Waals surface area contributed by atoms with E-state index in [1.54, 1.807) is 12.1 Å². The van der Waals surface area contributed by atoms with Gasteiger partial charge in [0.25, 0.3) is 0 Å². The monoisotopic (exact) mass is 333 g/mol. The van der Waals surface area contributed by atoms with Crippen molar-refractivity contribution >= 4 is 33.6 Å². The van der Waals surface area contributed by atoms with Gasteiger partial charge in [-0.05, 0) is 36.8 Å². The van der Waals surface area contributed by atoms with Crippen LogP contribution in [0, 0.1) is 12.7 Å². The number of halogens is 2. The van der Waals surface area contributed by atoms with Crippen LogP contribution in [0.3, 0.4) is 0 Å². The molecular weight excluding hydrogens is 321 g/mol. The van der Waals surface area contributed by atoms with Gasteiger partial charge in [-0.3, -0.25) is 4.79 Å². The summed E-state index contributed by atoms with van der Waals surface area (Å²) < 4.78 is 14.2. The summed E-state index contributed by atoms with van der Waals surface area (Å²) in [6.45, 7) is 1.98. The molecule has 2 aromatic carbocycles. The summed E-state index contributed by atoms with van der Waals surface area (Å²) in [5, 5.41) is 2.50. The smallest absolute Gasteiger partial charge is 0.248 e. The lowest BCUT2D eigenvalue weighted by Crippen LogP contribution is -2.09. The zero-order valence-electron chi connectivity index (χ0n) is 10.9.